The minimum absolute atomic E-state index is 0.128. The largest absolute Gasteiger partial charge is 0.481 e. The predicted octanol–water partition coefficient (Wildman–Crippen LogP) is 0.233. The quantitative estimate of drug-likeness (QED) is 0.109. The smallest absolute Gasteiger partial charge is 0.315 e. The van der Waals surface area contributed by atoms with E-state index in [-0.39, 0.29) is 39.4 Å². The van der Waals surface area contributed by atoms with Gasteiger partial charge in [0, 0.05) is 0 Å². The molecule has 0 aromatic carbocycles. The van der Waals surface area contributed by atoms with Gasteiger partial charge in [-0.1, -0.05) is 46.3 Å². The molecule has 24 atom stereocenters. The molecule has 8 rings (SSSR count). The number of esters is 1. The van der Waals surface area contributed by atoms with Crippen LogP contribution in [0.5, 0.6) is 0 Å². The van der Waals surface area contributed by atoms with Gasteiger partial charge < -0.3 is 84.6 Å². The molecule has 382 valence electrons. The number of aliphatic carboxylic acids is 1. The van der Waals surface area contributed by atoms with Crippen LogP contribution in [0.2, 0.25) is 0 Å². The summed E-state index contributed by atoms with van der Waals surface area (Å²) in [6.07, 6.45) is -16.7. The van der Waals surface area contributed by atoms with Crippen LogP contribution in [-0.2, 0) is 38.0 Å². The summed E-state index contributed by atoms with van der Waals surface area (Å²) in [6.45, 7) is 13.0. The molecule has 19 nitrogen and oxygen atoms in total. The van der Waals surface area contributed by atoms with E-state index < -0.39 is 134 Å². The Hall–Kier alpha value is -1.92. The Balaban J connectivity index is 0.981. The zero-order valence-electron chi connectivity index (χ0n) is 39.7. The van der Waals surface area contributed by atoms with E-state index in [0.29, 0.717) is 44.9 Å². The molecule has 11 N–H and O–H groups in total. The Labute approximate surface area is 391 Å². The molecule has 3 aliphatic heterocycles. The van der Waals surface area contributed by atoms with Gasteiger partial charge in [0.25, 0.3) is 0 Å². The maximum absolute atomic E-state index is 15.0. The summed E-state index contributed by atoms with van der Waals surface area (Å²) in [5.41, 5.74) is -2.13. The van der Waals surface area contributed by atoms with Crippen LogP contribution in [0, 0.1) is 50.2 Å². The SMILES string of the molecule is C[C@@H]1O[C@@H](OC2C(CO)OC(OCC3OC(OC(=O)[C@]45CCC(C)(C)CC4C4=CCC6[C@@]7(C)CC[C@@H](O)[C@](C)(C(=O)O)C7CC[C@@]6(C)[C@]4(C)CC5)C(O)C(O)C3O)C(O)C2O)[C@H](O)[C@H](O)[C@H]1O. The highest BCUT2D eigenvalue weighted by atomic mass is 16.8. The van der Waals surface area contributed by atoms with Gasteiger partial charge >= 0.3 is 11.9 Å². The van der Waals surface area contributed by atoms with Gasteiger partial charge in [0.1, 0.15) is 67.1 Å². The second-order valence-corrected chi connectivity index (χ2v) is 23.3. The molecule has 4 saturated carbocycles. The van der Waals surface area contributed by atoms with Gasteiger partial charge in [-0.25, -0.2) is 0 Å². The van der Waals surface area contributed by atoms with Crippen LogP contribution in [0.4, 0.5) is 0 Å². The molecule has 3 saturated heterocycles. The molecule has 7 fully saturated rings. The number of rotatable bonds is 9. The van der Waals surface area contributed by atoms with Crippen molar-refractivity contribution in [1.82, 2.24) is 0 Å². The summed E-state index contributed by atoms with van der Waals surface area (Å²) in [7, 11) is 0. The van der Waals surface area contributed by atoms with Crippen molar-refractivity contribution in [2.45, 2.75) is 211 Å². The summed E-state index contributed by atoms with van der Waals surface area (Å²) in [5, 5.41) is 118. The molecule has 5 aliphatic carbocycles. The number of ether oxygens (including phenoxy) is 6. The van der Waals surface area contributed by atoms with Crippen LogP contribution in [0.3, 0.4) is 0 Å². The predicted molar refractivity (Wildman–Crippen MR) is 231 cm³/mol. The Morgan fingerprint density at radius 1 is 0.687 bits per heavy atom. The van der Waals surface area contributed by atoms with Crippen molar-refractivity contribution < 1.29 is 94.2 Å². The molecular weight excluding hydrogens is 881 g/mol. The Kier molecular flexibility index (Phi) is 13.8. The first kappa shape index (κ1) is 51.4. The molecule has 67 heavy (non-hydrogen) atoms. The maximum Gasteiger partial charge on any atom is 0.315 e. The second-order valence-electron chi connectivity index (χ2n) is 23.3. The summed E-state index contributed by atoms with van der Waals surface area (Å²) in [4.78, 5) is 27.8. The number of hydrogen-bond donors (Lipinski definition) is 11. The van der Waals surface area contributed by atoms with E-state index in [0.717, 1.165) is 19.3 Å². The normalized spacial score (nSPS) is 54.0. The van der Waals surface area contributed by atoms with E-state index in [1.807, 2.05) is 0 Å². The highest BCUT2D eigenvalue weighted by Crippen LogP contribution is 2.76. The van der Waals surface area contributed by atoms with Crippen LogP contribution in [0.15, 0.2) is 11.6 Å². The van der Waals surface area contributed by atoms with Crippen molar-refractivity contribution in [3.05, 3.63) is 11.6 Å². The van der Waals surface area contributed by atoms with E-state index in [1.165, 1.54) is 12.5 Å². The summed E-state index contributed by atoms with van der Waals surface area (Å²) in [5.74, 6) is -1.87. The van der Waals surface area contributed by atoms with E-state index in [1.54, 1.807) is 6.92 Å². The number of carboxylic acid groups (broad SMARTS) is 1. The minimum atomic E-state index is -1.87. The van der Waals surface area contributed by atoms with Crippen molar-refractivity contribution in [1.29, 1.82) is 0 Å². The molecule has 8 aliphatic rings. The molecular formula is C48H76O19. The van der Waals surface area contributed by atoms with Crippen LogP contribution in [0.25, 0.3) is 0 Å². The minimum Gasteiger partial charge on any atom is -0.481 e. The van der Waals surface area contributed by atoms with E-state index in [2.05, 4.69) is 40.7 Å². The van der Waals surface area contributed by atoms with Gasteiger partial charge in [-0.05, 0) is 117 Å². The lowest BCUT2D eigenvalue weighted by Gasteiger charge is -2.71. The highest BCUT2D eigenvalue weighted by Gasteiger charge is 2.71. The van der Waals surface area contributed by atoms with Gasteiger partial charge in [-0.15, -0.1) is 0 Å². The monoisotopic (exact) mass is 956 g/mol. The zero-order valence-corrected chi connectivity index (χ0v) is 39.7. The maximum atomic E-state index is 15.0. The van der Waals surface area contributed by atoms with Crippen molar-refractivity contribution >= 4 is 11.9 Å². The molecule has 0 radical (unpaired) electrons. The first-order valence-electron chi connectivity index (χ1n) is 24.3. The number of hydrogen-bond acceptors (Lipinski definition) is 18. The summed E-state index contributed by atoms with van der Waals surface area (Å²) >= 11 is 0. The molecule has 0 aromatic rings. The van der Waals surface area contributed by atoms with Crippen molar-refractivity contribution in [3.8, 4) is 0 Å². The van der Waals surface area contributed by atoms with E-state index in [4.69, 9.17) is 28.4 Å². The number of aliphatic hydroxyl groups excluding tert-OH is 10. The molecule has 0 aromatic heterocycles. The number of carboxylic acids is 1. The third-order valence-electron chi connectivity index (χ3n) is 19.4. The van der Waals surface area contributed by atoms with E-state index >= 15 is 0 Å². The number of carbonyl (C=O) groups excluding carboxylic acids is 1. The summed E-state index contributed by atoms with van der Waals surface area (Å²) < 4.78 is 34.7. The highest BCUT2D eigenvalue weighted by molar-refractivity contribution is 5.79. The standard InChI is InChI=1S/C48H76O19/c1-21-29(51)31(53)34(56)39(63-21)66-37-24(19-49)64-38(36(58)33(37)55)62-20-25-30(52)32(54)35(57)40(65-25)67-42(61)48-16-14-43(2,3)18-23(48)22-8-9-26-44(4)12-11-28(50)47(7,41(59)60)27(44)10-13-46(26,6)45(22,5)15-17-48/h8,21,23-40,49-58H,9-20H2,1-7H3,(H,59,60)/t21-,23?,24?,25?,26?,27?,28+,29-,30?,31+,32?,33?,34+,35?,36?,37?,38?,39-,40?,44+,45+,46+,47+,48-/m0/s1. The average molecular weight is 957 g/mol. The summed E-state index contributed by atoms with van der Waals surface area (Å²) in [6, 6.07) is 0. The van der Waals surface area contributed by atoms with Crippen LogP contribution in [0.1, 0.15) is 113 Å². The fourth-order valence-electron chi connectivity index (χ4n) is 14.8. The van der Waals surface area contributed by atoms with Gasteiger partial charge in [0.15, 0.2) is 12.6 Å². The molecule has 0 amide bonds. The first-order valence-corrected chi connectivity index (χ1v) is 24.3. The third kappa shape index (κ3) is 7.97. The topological polar surface area (TPSA) is 312 Å². The van der Waals surface area contributed by atoms with Crippen LogP contribution in [-0.4, -0.2) is 180 Å². The first-order chi connectivity index (χ1) is 31.2. The van der Waals surface area contributed by atoms with E-state index in [9.17, 15) is 65.8 Å². The number of allylic oxidation sites excluding steroid dienone is 2. The van der Waals surface area contributed by atoms with Gasteiger partial charge in [0.2, 0.25) is 6.29 Å². The van der Waals surface area contributed by atoms with Crippen LogP contribution < -0.4 is 0 Å². The van der Waals surface area contributed by atoms with Crippen molar-refractivity contribution in [2.24, 2.45) is 50.2 Å². The average Bonchev–Trinajstić information content (AvgIpc) is 3.27. The van der Waals surface area contributed by atoms with Crippen molar-refractivity contribution in [2.75, 3.05) is 13.2 Å². The van der Waals surface area contributed by atoms with Crippen molar-refractivity contribution in [3.63, 3.8) is 0 Å². The molecule has 19 heteroatoms. The zero-order chi connectivity index (χ0) is 49.1. The fourth-order valence-corrected chi connectivity index (χ4v) is 14.8. The molecule has 13 unspecified atom stereocenters. The van der Waals surface area contributed by atoms with Gasteiger partial charge in [-0.2, -0.15) is 0 Å². The lowest BCUT2D eigenvalue weighted by molar-refractivity contribution is -0.361. The lowest BCUT2D eigenvalue weighted by atomic mass is 9.33. The third-order valence-corrected chi connectivity index (χ3v) is 19.4. The Morgan fingerprint density at radius 3 is 1.99 bits per heavy atom. The molecule has 3 heterocycles. The number of carbonyl (C=O) groups is 2. The van der Waals surface area contributed by atoms with Gasteiger partial charge in [0.05, 0.1) is 36.3 Å². The molecule has 0 spiro atoms. The Morgan fingerprint density at radius 2 is 1.31 bits per heavy atom. The molecule has 0 bridgehead atoms. The fraction of sp³-hybridized carbons (Fsp3) is 0.917. The number of fused-ring (bicyclic) bond motifs is 7. The van der Waals surface area contributed by atoms with Gasteiger partial charge in [-0.3, -0.25) is 9.59 Å². The Bertz CT molecular complexity index is 1880. The second kappa shape index (κ2) is 18.0. The number of aliphatic hydroxyl groups is 10. The lowest BCUT2D eigenvalue weighted by Crippen LogP contribution is -2.66. The van der Waals surface area contributed by atoms with Crippen LogP contribution >= 0.6 is 0 Å².